The molecule has 114 valence electrons. The Morgan fingerprint density at radius 3 is 2.67 bits per heavy atom. The quantitative estimate of drug-likeness (QED) is 0.345. The number of rotatable bonds is 7. The fourth-order valence-corrected chi connectivity index (χ4v) is 2.30. The zero-order valence-electron chi connectivity index (χ0n) is 12.1. The van der Waals surface area contributed by atoms with Crippen molar-refractivity contribution >= 4 is 11.7 Å². The van der Waals surface area contributed by atoms with Crippen LogP contribution >= 0.6 is 0 Å². The van der Waals surface area contributed by atoms with Crippen molar-refractivity contribution in [1.82, 2.24) is 4.90 Å². The second-order valence-electron chi connectivity index (χ2n) is 5.13. The molecular formula is C15H21N3O3. The molecule has 1 saturated carbocycles. The van der Waals surface area contributed by atoms with Gasteiger partial charge in [-0.25, -0.2) is 0 Å². The Morgan fingerprint density at radius 1 is 1.48 bits per heavy atom. The number of amides is 1. The van der Waals surface area contributed by atoms with Gasteiger partial charge in [-0.15, -0.1) is 0 Å². The lowest BCUT2D eigenvalue weighted by Crippen LogP contribution is -2.39. The van der Waals surface area contributed by atoms with Gasteiger partial charge in [0.15, 0.2) is 6.10 Å². The van der Waals surface area contributed by atoms with E-state index in [1.54, 1.807) is 4.90 Å². The molecule has 1 aromatic rings. The Hall–Kier alpha value is -2.08. The van der Waals surface area contributed by atoms with Crippen LogP contribution in [0.1, 0.15) is 30.9 Å². The molecule has 6 heteroatoms. The number of benzene rings is 1. The van der Waals surface area contributed by atoms with E-state index in [4.69, 9.17) is 15.7 Å². The van der Waals surface area contributed by atoms with Gasteiger partial charge in [0.05, 0.1) is 0 Å². The first-order chi connectivity index (χ1) is 10.2. The number of nitrogens with two attached hydrogens (primary N) is 1. The van der Waals surface area contributed by atoms with Gasteiger partial charge in [-0.2, -0.15) is 0 Å². The van der Waals surface area contributed by atoms with Crippen molar-refractivity contribution in [2.24, 2.45) is 10.9 Å². The predicted molar refractivity (Wildman–Crippen MR) is 79.0 cm³/mol. The summed E-state index contributed by atoms with van der Waals surface area (Å²) < 4.78 is 5.39. The van der Waals surface area contributed by atoms with Crippen molar-refractivity contribution in [1.29, 1.82) is 0 Å². The van der Waals surface area contributed by atoms with E-state index in [2.05, 4.69) is 5.16 Å². The highest BCUT2D eigenvalue weighted by Gasteiger charge is 2.36. The number of methoxy groups -OCH3 is 1. The van der Waals surface area contributed by atoms with Gasteiger partial charge >= 0.3 is 0 Å². The van der Waals surface area contributed by atoms with Crippen LogP contribution in [-0.2, 0) is 9.53 Å². The molecule has 1 aliphatic rings. The van der Waals surface area contributed by atoms with Crippen molar-refractivity contribution in [3.8, 4) is 0 Å². The fraction of sp³-hybridized carbons (Fsp3) is 0.467. The van der Waals surface area contributed by atoms with Gasteiger partial charge in [-0.3, -0.25) is 4.79 Å². The smallest absolute Gasteiger partial charge is 0.256 e. The summed E-state index contributed by atoms with van der Waals surface area (Å²) in [4.78, 5) is 14.5. The lowest BCUT2D eigenvalue weighted by atomic mass is 10.1. The summed E-state index contributed by atoms with van der Waals surface area (Å²) in [5.74, 6) is 0.0547. The first-order valence-corrected chi connectivity index (χ1v) is 7.02. The van der Waals surface area contributed by atoms with Crippen molar-refractivity contribution in [3.63, 3.8) is 0 Å². The molecule has 1 aromatic carbocycles. The number of hydrogen-bond donors (Lipinski definition) is 2. The number of carbonyl (C=O) groups excluding carboxylic acids is 1. The monoisotopic (exact) mass is 291 g/mol. The van der Waals surface area contributed by atoms with Gasteiger partial charge < -0.3 is 20.6 Å². The second kappa shape index (κ2) is 7.08. The van der Waals surface area contributed by atoms with E-state index in [1.807, 2.05) is 30.3 Å². The maximum atomic E-state index is 12.7. The van der Waals surface area contributed by atoms with Crippen LogP contribution in [0.4, 0.5) is 0 Å². The normalized spacial score (nSPS) is 16.5. The van der Waals surface area contributed by atoms with E-state index < -0.39 is 6.10 Å². The van der Waals surface area contributed by atoms with Crippen LogP contribution in [0.15, 0.2) is 35.5 Å². The summed E-state index contributed by atoms with van der Waals surface area (Å²) in [6.07, 6.45) is 1.73. The molecule has 0 aliphatic heterocycles. The van der Waals surface area contributed by atoms with Crippen molar-refractivity contribution < 1.29 is 14.7 Å². The van der Waals surface area contributed by atoms with Gasteiger partial charge in [-0.05, 0) is 18.4 Å². The topological polar surface area (TPSA) is 88.2 Å². The van der Waals surface area contributed by atoms with E-state index >= 15 is 0 Å². The SMILES string of the molecule is COC(C(=O)N(CCC(N)=NO)C1CC1)c1ccccc1. The summed E-state index contributed by atoms with van der Waals surface area (Å²) in [5.41, 5.74) is 6.33. The lowest BCUT2D eigenvalue weighted by molar-refractivity contribution is -0.143. The van der Waals surface area contributed by atoms with Crippen LogP contribution in [0.3, 0.4) is 0 Å². The van der Waals surface area contributed by atoms with E-state index in [9.17, 15) is 4.79 Å². The van der Waals surface area contributed by atoms with Gasteiger partial charge in [0.1, 0.15) is 5.84 Å². The molecular weight excluding hydrogens is 270 g/mol. The largest absolute Gasteiger partial charge is 0.409 e. The van der Waals surface area contributed by atoms with Gasteiger partial charge in [-0.1, -0.05) is 35.5 Å². The number of nitrogens with zero attached hydrogens (tertiary/aromatic N) is 2. The van der Waals surface area contributed by atoms with Crippen LogP contribution in [0, 0.1) is 0 Å². The molecule has 0 aromatic heterocycles. The van der Waals surface area contributed by atoms with Crippen molar-refractivity contribution in [3.05, 3.63) is 35.9 Å². The molecule has 1 unspecified atom stereocenters. The molecule has 0 saturated heterocycles. The van der Waals surface area contributed by atoms with E-state index in [-0.39, 0.29) is 17.8 Å². The highest BCUT2D eigenvalue weighted by Crippen LogP contribution is 2.30. The Kier molecular flexibility index (Phi) is 5.16. The molecule has 1 amide bonds. The Balaban J connectivity index is 2.09. The highest BCUT2D eigenvalue weighted by molar-refractivity contribution is 5.84. The Labute approximate surface area is 124 Å². The minimum atomic E-state index is -0.612. The molecule has 3 N–H and O–H groups in total. The number of oxime groups is 1. The molecule has 0 radical (unpaired) electrons. The minimum absolute atomic E-state index is 0.0723. The first-order valence-electron chi connectivity index (χ1n) is 7.02. The standard InChI is InChI=1S/C15H21N3O3/c1-21-14(11-5-3-2-4-6-11)15(19)18(12-7-8-12)10-9-13(16)17-20/h2-6,12,14,20H,7-10H2,1H3,(H2,16,17). The third kappa shape index (κ3) is 3.95. The molecule has 0 spiro atoms. The average molecular weight is 291 g/mol. The number of amidine groups is 1. The molecule has 6 nitrogen and oxygen atoms in total. The summed E-state index contributed by atoms with van der Waals surface area (Å²) in [7, 11) is 1.53. The maximum Gasteiger partial charge on any atom is 0.256 e. The summed E-state index contributed by atoms with van der Waals surface area (Å²) in [6.45, 7) is 0.437. The third-order valence-electron chi connectivity index (χ3n) is 3.57. The van der Waals surface area contributed by atoms with Crippen molar-refractivity contribution in [2.75, 3.05) is 13.7 Å². The first kappa shape index (κ1) is 15.3. The van der Waals surface area contributed by atoms with Crippen LogP contribution in [0.25, 0.3) is 0 Å². The molecule has 1 atom stereocenters. The molecule has 0 heterocycles. The molecule has 1 aliphatic carbocycles. The zero-order valence-corrected chi connectivity index (χ0v) is 12.1. The second-order valence-corrected chi connectivity index (χ2v) is 5.13. The number of hydrogen-bond acceptors (Lipinski definition) is 4. The Bertz CT molecular complexity index is 500. The maximum absolute atomic E-state index is 12.7. The van der Waals surface area contributed by atoms with E-state index in [0.717, 1.165) is 18.4 Å². The van der Waals surface area contributed by atoms with Crippen LogP contribution in [0.2, 0.25) is 0 Å². The molecule has 21 heavy (non-hydrogen) atoms. The van der Waals surface area contributed by atoms with Crippen molar-refractivity contribution in [2.45, 2.75) is 31.4 Å². The third-order valence-corrected chi connectivity index (χ3v) is 3.57. The number of ether oxygens (including phenoxy) is 1. The highest BCUT2D eigenvalue weighted by atomic mass is 16.5. The zero-order chi connectivity index (χ0) is 15.2. The lowest BCUT2D eigenvalue weighted by Gasteiger charge is -2.26. The average Bonchev–Trinajstić information content (AvgIpc) is 3.34. The predicted octanol–water partition coefficient (Wildman–Crippen LogP) is 1.50. The van der Waals surface area contributed by atoms with Gasteiger partial charge in [0.2, 0.25) is 0 Å². The van der Waals surface area contributed by atoms with Crippen LogP contribution < -0.4 is 5.73 Å². The molecule has 2 rings (SSSR count). The minimum Gasteiger partial charge on any atom is -0.409 e. The summed E-state index contributed by atoms with van der Waals surface area (Å²) >= 11 is 0. The van der Waals surface area contributed by atoms with Gasteiger partial charge in [0.25, 0.3) is 5.91 Å². The summed E-state index contributed by atoms with van der Waals surface area (Å²) in [5, 5.41) is 11.6. The van der Waals surface area contributed by atoms with Crippen LogP contribution in [0.5, 0.6) is 0 Å². The Morgan fingerprint density at radius 2 is 2.14 bits per heavy atom. The fourth-order valence-electron chi connectivity index (χ4n) is 2.30. The number of carbonyl (C=O) groups is 1. The summed E-state index contributed by atoms with van der Waals surface area (Å²) in [6, 6.07) is 9.66. The molecule has 1 fully saturated rings. The van der Waals surface area contributed by atoms with Crippen LogP contribution in [-0.4, -0.2) is 41.5 Å². The van der Waals surface area contributed by atoms with E-state index in [1.165, 1.54) is 7.11 Å². The van der Waals surface area contributed by atoms with E-state index in [0.29, 0.717) is 13.0 Å². The molecule has 0 bridgehead atoms. The van der Waals surface area contributed by atoms with Gasteiger partial charge in [0, 0.05) is 26.1 Å².